The van der Waals surface area contributed by atoms with Crippen molar-refractivity contribution in [2.45, 2.75) is 25.4 Å². The molecule has 1 unspecified atom stereocenters. The van der Waals surface area contributed by atoms with Gasteiger partial charge in [0.05, 0.1) is 6.10 Å². The fraction of sp³-hybridized carbons (Fsp3) is 0.600. The van der Waals surface area contributed by atoms with Gasteiger partial charge in [-0.1, -0.05) is 0 Å². The molecule has 1 N–H and O–H groups in total. The van der Waals surface area contributed by atoms with E-state index in [1.165, 1.54) is 4.88 Å². The number of hydrogen-bond donors (Lipinski definition) is 1. The van der Waals surface area contributed by atoms with E-state index in [2.05, 4.69) is 22.0 Å². The highest BCUT2D eigenvalue weighted by Crippen LogP contribution is 2.21. The number of aliphatic hydroxyl groups is 1. The van der Waals surface area contributed by atoms with E-state index in [0.717, 1.165) is 30.3 Å². The van der Waals surface area contributed by atoms with E-state index >= 15 is 0 Å². The summed E-state index contributed by atoms with van der Waals surface area (Å²) in [5, 5.41) is 11.7. The summed E-state index contributed by atoms with van der Waals surface area (Å²) in [5.74, 6) is 0. The molecular formula is C10H15BrO2S. The van der Waals surface area contributed by atoms with Gasteiger partial charge in [-0.2, -0.15) is 0 Å². The molecule has 1 aromatic heterocycles. The van der Waals surface area contributed by atoms with E-state index in [4.69, 9.17) is 4.74 Å². The van der Waals surface area contributed by atoms with Crippen LogP contribution in [0.2, 0.25) is 0 Å². The zero-order valence-electron chi connectivity index (χ0n) is 8.20. The maximum absolute atomic E-state index is 9.67. The van der Waals surface area contributed by atoms with Crippen LogP contribution in [0.3, 0.4) is 0 Å². The standard InChI is InChI=1S/C10H15BrO2S/c1-13-4-2-3-9(12)6-10-5-8(11)7-14-10/h5,7,9,12H,2-4,6H2,1H3. The Hall–Kier alpha value is 0.1000. The van der Waals surface area contributed by atoms with Gasteiger partial charge in [0.2, 0.25) is 0 Å². The number of halogens is 1. The van der Waals surface area contributed by atoms with Crippen molar-refractivity contribution in [2.75, 3.05) is 13.7 Å². The molecule has 0 saturated heterocycles. The molecule has 0 aliphatic carbocycles. The van der Waals surface area contributed by atoms with E-state index in [-0.39, 0.29) is 6.10 Å². The number of hydrogen-bond acceptors (Lipinski definition) is 3. The van der Waals surface area contributed by atoms with E-state index in [1.54, 1.807) is 18.4 Å². The van der Waals surface area contributed by atoms with Crippen LogP contribution < -0.4 is 0 Å². The van der Waals surface area contributed by atoms with Crippen molar-refractivity contribution in [3.63, 3.8) is 0 Å². The Morgan fingerprint density at radius 2 is 2.43 bits per heavy atom. The fourth-order valence-corrected chi connectivity index (χ4v) is 2.78. The third-order valence-electron chi connectivity index (χ3n) is 1.94. The molecule has 0 aromatic carbocycles. The summed E-state index contributed by atoms with van der Waals surface area (Å²) in [4.78, 5) is 1.22. The van der Waals surface area contributed by atoms with Crippen LogP contribution in [0, 0.1) is 0 Å². The SMILES string of the molecule is COCCCC(O)Cc1cc(Br)cs1. The van der Waals surface area contributed by atoms with Crippen LogP contribution in [0.5, 0.6) is 0 Å². The average molecular weight is 279 g/mol. The number of rotatable bonds is 6. The predicted octanol–water partition coefficient (Wildman–Crippen LogP) is 2.84. The summed E-state index contributed by atoms with van der Waals surface area (Å²) in [6.45, 7) is 0.727. The molecule has 0 aliphatic heterocycles. The van der Waals surface area contributed by atoms with Crippen molar-refractivity contribution in [3.8, 4) is 0 Å². The van der Waals surface area contributed by atoms with Gasteiger partial charge in [-0.15, -0.1) is 11.3 Å². The first kappa shape index (κ1) is 12.2. The molecule has 0 aliphatic rings. The summed E-state index contributed by atoms with van der Waals surface area (Å²) in [7, 11) is 1.68. The molecule has 0 spiro atoms. The van der Waals surface area contributed by atoms with Crippen molar-refractivity contribution in [1.82, 2.24) is 0 Å². The van der Waals surface area contributed by atoms with Gasteiger partial charge in [-0.3, -0.25) is 0 Å². The molecule has 0 amide bonds. The summed E-state index contributed by atoms with van der Waals surface area (Å²) in [6, 6.07) is 2.06. The Labute approximate surface area is 97.0 Å². The third-order valence-corrected chi connectivity index (χ3v) is 3.66. The van der Waals surface area contributed by atoms with Gasteiger partial charge in [0.1, 0.15) is 0 Å². The first-order valence-corrected chi connectivity index (χ1v) is 6.29. The smallest absolute Gasteiger partial charge is 0.0589 e. The Bertz CT molecular complexity index is 262. The van der Waals surface area contributed by atoms with Crippen LogP contribution in [0.25, 0.3) is 0 Å². The second-order valence-corrected chi connectivity index (χ2v) is 5.14. The van der Waals surface area contributed by atoms with E-state index < -0.39 is 0 Å². The normalized spacial score (nSPS) is 13.1. The second kappa shape index (κ2) is 6.56. The van der Waals surface area contributed by atoms with Crippen LogP contribution in [-0.2, 0) is 11.2 Å². The van der Waals surface area contributed by atoms with Crippen LogP contribution in [0.4, 0.5) is 0 Å². The van der Waals surface area contributed by atoms with Crippen LogP contribution in [0.15, 0.2) is 15.9 Å². The molecule has 1 aromatic rings. The Balaban J connectivity index is 2.23. The number of ether oxygens (including phenoxy) is 1. The maximum atomic E-state index is 9.67. The van der Waals surface area contributed by atoms with Gasteiger partial charge in [0, 0.05) is 34.9 Å². The molecule has 4 heteroatoms. The number of aliphatic hydroxyl groups excluding tert-OH is 1. The molecule has 14 heavy (non-hydrogen) atoms. The zero-order valence-corrected chi connectivity index (χ0v) is 10.6. The lowest BCUT2D eigenvalue weighted by Crippen LogP contribution is -2.10. The van der Waals surface area contributed by atoms with Crippen LogP contribution >= 0.6 is 27.3 Å². The van der Waals surface area contributed by atoms with E-state index in [1.807, 2.05) is 5.38 Å². The molecule has 0 radical (unpaired) electrons. The summed E-state index contributed by atoms with van der Waals surface area (Å²) >= 11 is 5.07. The average Bonchev–Trinajstić information content (AvgIpc) is 2.52. The minimum Gasteiger partial charge on any atom is -0.393 e. The molecule has 0 fully saturated rings. The Morgan fingerprint density at radius 1 is 1.64 bits per heavy atom. The highest BCUT2D eigenvalue weighted by Gasteiger charge is 2.06. The lowest BCUT2D eigenvalue weighted by atomic mass is 10.1. The fourth-order valence-electron chi connectivity index (χ4n) is 1.26. The molecule has 1 heterocycles. The number of methoxy groups -OCH3 is 1. The molecule has 80 valence electrons. The second-order valence-electron chi connectivity index (χ2n) is 3.22. The number of thiophene rings is 1. The third kappa shape index (κ3) is 4.55. The van der Waals surface area contributed by atoms with Crippen molar-refractivity contribution < 1.29 is 9.84 Å². The summed E-state index contributed by atoms with van der Waals surface area (Å²) in [6.07, 6.45) is 2.24. The van der Waals surface area contributed by atoms with Gasteiger partial charge < -0.3 is 9.84 Å². The van der Waals surface area contributed by atoms with Gasteiger partial charge >= 0.3 is 0 Å². The van der Waals surface area contributed by atoms with Gasteiger partial charge in [-0.25, -0.2) is 0 Å². The topological polar surface area (TPSA) is 29.5 Å². The molecule has 0 saturated carbocycles. The monoisotopic (exact) mass is 278 g/mol. The molecule has 0 bridgehead atoms. The maximum Gasteiger partial charge on any atom is 0.0589 e. The summed E-state index contributed by atoms with van der Waals surface area (Å²) in [5.41, 5.74) is 0. The highest BCUT2D eigenvalue weighted by molar-refractivity contribution is 9.10. The highest BCUT2D eigenvalue weighted by atomic mass is 79.9. The lowest BCUT2D eigenvalue weighted by Gasteiger charge is -2.08. The predicted molar refractivity (Wildman–Crippen MR) is 62.8 cm³/mol. The minimum atomic E-state index is -0.240. The van der Waals surface area contributed by atoms with E-state index in [9.17, 15) is 5.11 Å². The van der Waals surface area contributed by atoms with Crippen molar-refractivity contribution in [2.24, 2.45) is 0 Å². The summed E-state index contributed by atoms with van der Waals surface area (Å²) < 4.78 is 6.03. The molecular weight excluding hydrogens is 264 g/mol. The van der Waals surface area contributed by atoms with Gasteiger partial charge in [-0.05, 0) is 34.8 Å². The molecule has 1 rings (SSSR count). The molecule has 1 atom stereocenters. The first-order chi connectivity index (χ1) is 6.72. The van der Waals surface area contributed by atoms with Crippen molar-refractivity contribution >= 4 is 27.3 Å². The quantitative estimate of drug-likeness (QED) is 0.811. The lowest BCUT2D eigenvalue weighted by molar-refractivity contribution is 0.136. The molecule has 2 nitrogen and oxygen atoms in total. The zero-order chi connectivity index (χ0) is 10.4. The van der Waals surface area contributed by atoms with Gasteiger partial charge in [0.15, 0.2) is 0 Å². The van der Waals surface area contributed by atoms with Crippen molar-refractivity contribution in [3.05, 3.63) is 20.8 Å². The minimum absolute atomic E-state index is 0.240. The largest absolute Gasteiger partial charge is 0.393 e. The van der Waals surface area contributed by atoms with Gasteiger partial charge in [0.25, 0.3) is 0 Å². The Morgan fingerprint density at radius 3 is 3.00 bits per heavy atom. The van der Waals surface area contributed by atoms with Crippen molar-refractivity contribution in [1.29, 1.82) is 0 Å². The van der Waals surface area contributed by atoms with Crippen LogP contribution in [-0.4, -0.2) is 24.9 Å². The van der Waals surface area contributed by atoms with Crippen LogP contribution in [0.1, 0.15) is 17.7 Å². The van der Waals surface area contributed by atoms with E-state index in [0.29, 0.717) is 0 Å². The Kier molecular flexibility index (Phi) is 5.70. The first-order valence-electron chi connectivity index (χ1n) is 4.62.